The Kier molecular flexibility index (Phi) is 10.0. The molecule has 30 heavy (non-hydrogen) atoms. The molecule has 166 valence electrons. The van der Waals surface area contributed by atoms with Gasteiger partial charge >= 0.3 is 0 Å². The zero-order valence-electron chi connectivity index (χ0n) is 17.0. The van der Waals surface area contributed by atoms with E-state index in [1.54, 1.807) is 0 Å². The Morgan fingerprint density at radius 2 is 1.57 bits per heavy atom. The van der Waals surface area contributed by atoms with Crippen LogP contribution < -0.4 is 9.64 Å². The fraction of sp³-hybridized carbons (Fsp3) is 0.455. The first-order valence-corrected chi connectivity index (χ1v) is 10.5. The van der Waals surface area contributed by atoms with Crippen LogP contribution in [-0.2, 0) is 6.61 Å². The van der Waals surface area contributed by atoms with Gasteiger partial charge in [0.15, 0.2) is 0 Å². The van der Waals surface area contributed by atoms with Crippen LogP contribution in [0.25, 0.3) is 0 Å². The van der Waals surface area contributed by atoms with E-state index < -0.39 is 0 Å². The molecule has 0 spiro atoms. The molecule has 0 aliphatic carbocycles. The molecule has 2 aromatic rings. The van der Waals surface area contributed by atoms with Crippen molar-refractivity contribution >= 4 is 47.8 Å². The molecule has 8 heteroatoms. The molecule has 0 atom stereocenters. The number of hydrogen-bond donors (Lipinski definition) is 1. The van der Waals surface area contributed by atoms with Crippen LogP contribution in [0.2, 0.25) is 5.02 Å². The molecule has 1 saturated heterocycles. The van der Waals surface area contributed by atoms with Crippen molar-refractivity contribution in [3.8, 4) is 5.75 Å². The molecule has 0 unspecified atom stereocenters. The van der Waals surface area contributed by atoms with Crippen molar-refractivity contribution in [2.45, 2.75) is 13.0 Å². The number of aliphatic hydroxyl groups is 1. The first-order valence-electron chi connectivity index (χ1n) is 10.1. The van der Waals surface area contributed by atoms with Crippen LogP contribution in [-0.4, -0.2) is 67.3 Å². The van der Waals surface area contributed by atoms with Gasteiger partial charge in [0.2, 0.25) is 0 Å². The highest BCUT2D eigenvalue weighted by Crippen LogP contribution is 2.40. The standard InChI is InChI=1S/C22H28ClN3O2.2ClH/c23-19-6-7-22-21(16-19)26(20-5-2-1-4-18(20)17-28-22)9-3-8-24-10-12-25(13-11-24)14-15-27;;/h1-2,4-7,16,27H,3,8-15,17H2;2*1H. The molecule has 2 aliphatic heterocycles. The number of hydrogen-bond acceptors (Lipinski definition) is 5. The topological polar surface area (TPSA) is 39.2 Å². The molecule has 2 heterocycles. The second kappa shape index (κ2) is 12.0. The fourth-order valence-corrected chi connectivity index (χ4v) is 4.24. The Balaban J connectivity index is 0.00000160. The highest BCUT2D eigenvalue weighted by Gasteiger charge is 2.22. The van der Waals surface area contributed by atoms with Gasteiger partial charge in [-0.1, -0.05) is 29.8 Å². The van der Waals surface area contributed by atoms with Gasteiger partial charge in [0, 0.05) is 55.5 Å². The lowest BCUT2D eigenvalue weighted by atomic mass is 10.1. The highest BCUT2D eigenvalue weighted by molar-refractivity contribution is 6.31. The maximum absolute atomic E-state index is 9.09. The number of β-amino-alcohol motifs (C(OH)–C–C–N with tert-alkyl or cyclic N) is 1. The molecule has 0 amide bonds. The number of anilines is 2. The van der Waals surface area contributed by atoms with Crippen LogP contribution in [0.5, 0.6) is 5.75 Å². The van der Waals surface area contributed by atoms with Crippen molar-refractivity contribution in [1.29, 1.82) is 0 Å². The molecule has 0 radical (unpaired) electrons. The number of rotatable bonds is 6. The summed E-state index contributed by atoms with van der Waals surface area (Å²) >= 11 is 6.30. The van der Waals surface area contributed by atoms with E-state index in [0.717, 1.165) is 68.7 Å². The molecule has 0 aromatic heterocycles. The third-order valence-corrected chi connectivity index (χ3v) is 5.85. The van der Waals surface area contributed by atoms with Gasteiger partial charge in [0.1, 0.15) is 12.4 Å². The quantitative estimate of drug-likeness (QED) is 0.679. The summed E-state index contributed by atoms with van der Waals surface area (Å²) in [4.78, 5) is 7.20. The van der Waals surface area contributed by atoms with Crippen LogP contribution in [0.3, 0.4) is 0 Å². The van der Waals surface area contributed by atoms with Gasteiger partial charge in [-0.2, -0.15) is 0 Å². The van der Waals surface area contributed by atoms with Gasteiger partial charge in [-0.3, -0.25) is 4.90 Å². The van der Waals surface area contributed by atoms with Crippen LogP contribution in [0.4, 0.5) is 11.4 Å². The summed E-state index contributed by atoms with van der Waals surface area (Å²) in [6.07, 6.45) is 1.07. The van der Waals surface area contributed by atoms with Crippen molar-refractivity contribution < 1.29 is 9.84 Å². The lowest BCUT2D eigenvalue weighted by Crippen LogP contribution is -2.47. The minimum Gasteiger partial charge on any atom is -0.487 e. The minimum absolute atomic E-state index is 0. The van der Waals surface area contributed by atoms with E-state index in [-0.39, 0.29) is 31.4 Å². The smallest absolute Gasteiger partial charge is 0.143 e. The van der Waals surface area contributed by atoms with E-state index in [2.05, 4.69) is 39.0 Å². The molecular weight excluding hydrogens is 445 g/mol. The van der Waals surface area contributed by atoms with Crippen LogP contribution in [0.15, 0.2) is 42.5 Å². The molecule has 0 bridgehead atoms. The average molecular weight is 475 g/mol. The average Bonchev–Trinajstić information content (AvgIpc) is 2.87. The Labute approximate surface area is 196 Å². The van der Waals surface area contributed by atoms with E-state index >= 15 is 0 Å². The number of nitrogens with zero attached hydrogens (tertiary/aromatic N) is 3. The van der Waals surface area contributed by atoms with E-state index in [0.29, 0.717) is 6.61 Å². The molecule has 4 rings (SSSR count). The number of aliphatic hydroxyl groups excluding tert-OH is 1. The van der Waals surface area contributed by atoms with Crippen molar-refractivity contribution in [3.05, 3.63) is 53.1 Å². The molecule has 5 nitrogen and oxygen atoms in total. The van der Waals surface area contributed by atoms with E-state index in [9.17, 15) is 0 Å². The first-order chi connectivity index (χ1) is 13.7. The number of para-hydroxylation sites is 1. The van der Waals surface area contributed by atoms with Gasteiger partial charge in [-0.25, -0.2) is 0 Å². The Hall–Kier alpha value is -1.21. The number of halogens is 3. The second-order valence-electron chi connectivity index (χ2n) is 7.44. The van der Waals surface area contributed by atoms with Gasteiger partial charge in [0.25, 0.3) is 0 Å². The van der Waals surface area contributed by atoms with Gasteiger partial charge in [-0.15, -0.1) is 24.8 Å². The largest absolute Gasteiger partial charge is 0.487 e. The maximum Gasteiger partial charge on any atom is 0.143 e. The van der Waals surface area contributed by atoms with Crippen LogP contribution in [0.1, 0.15) is 12.0 Å². The normalized spacial score (nSPS) is 16.4. The number of benzene rings is 2. The number of fused-ring (bicyclic) bond motifs is 2. The second-order valence-corrected chi connectivity index (χ2v) is 7.88. The van der Waals surface area contributed by atoms with Gasteiger partial charge < -0.3 is 19.6 Å². The predicted molar refractivity (Wildman–Crippen MR) is 128 cm³/mol. The third kappa shape index (κ3) is 5.94. The molecular formula is C22H30Cl3N3O2. The monoisotopic (exact) mass is 473 g/mol. The van der Waals surface area contributed by atoms with Crippen molar-refractivity contribution in [2.75, 3.05) is 57.3 Å². The first kappa shape index (κ1) is 25.1. The Morgan fingerprint density at radius 3 is 2.30 bits per heavy atom. The third-order valence-electron chi connectivity index (χ3n) is 5.61. The van der Waals surface area contributed by atoms with Gasteiger partial charge in [-0.05, 0) is 37.2 Å². The lowest BCUT2D eigenvalue weighted by Gasteiger charge is -2.35. The number of piperazine rings is 1. The summed E-state index contributed by atoms with van der Waals surface area (Å²) in [5, 5.41) is 9.82. The van der Waals surface area contributed by atoms with Crippen LogP contribution in [0, 0.1) is 0 Å². The van der Waals surface area contributed by atoms with Crippen molar-refractivity contribution in [1.82, 2.24) is 9.80 Å². The SMILES string of the molecule is Cl.Cl.OCCN1CCN(CCCN2c3ccccc3COc3ccc(Cl)cc32)CC1. The lowest BCUT2D eigenvalue weighted by molar-refractivity contribution is 0.112. The van der Waals surface area contributed by atoms with Gasteiger partial charge in [0.05, 0.1) is 12.3 Å². The number of ether oxygens (including phenoxy) is 1. The summed E-state index contributed by atoms with van der Waals surface area (Å²) in [5.41, 5.74) is 3.45. The summed E-state index contributed by atoms with van der Waals surface area (Å²) in [6.45, 7) is 7.83. The molecule has 2 aromatic carbocycles. The van der Waals surface area contributed by atoms with E-state index in [1.807, 2.05) is 18.2 Å². The Morgan fingerprint density at radius 1 is 0.867 bits per heavy atom. The zero-order valence-corrected chi connectivity index (χ0v) is 19.4. The Bertz CT molecular complexity index is 801. The molecule has 1 fully saturated rings. The fourth-order valence-electron chi connectivity index (χ4n) is 4.08. The molecule has 2 aliphatic rings. The van der Waals surface area contributed by atoms with E-state index in [1.165, 1.54) is 11.3 Å². The van der Waals surface area contributed by atoms with Crippen LogP contribution >= 0.6 is 36.4 Å². The van der Waals surface area contributed by atoms with E-state index in [4.69, 9.17) is 21.4 Å². The summed E-state index contributed by atoms with van der Waals surface area (Å²) in [6, 6.07) is 14.3. The summed E-state index contributed by atoms with van der Waals surface area (Å²) in [5.74, 6) is 0.887. The zero-order chi connectivity index (χ0) is 19.3. The molecule has 0 saturated carbocycles. The maximum atomic E-state index is 9.09. The molecule has 1 N–H and O–H groups in total. The van der Waals surface area contributed by atoms with Crippen molar-refractivity contribution in [3.63, 3.8) is 0 Å². The predicted octanol–water partition coefficient (Wildman–Crippen LogP) is 4.21. The summed E-state index contributed by atoms with van der Waals surface area (Å²) < 4.78 is 6.05. The van der Waals surface area contributed by atoms with Crippen molar-refractivity contribution in [2.24, 2.45) is 0 Å². The minimum atomic E-state index is 0. The summed E-state index contributed by atoms with van der Waals surface area (Å²) in [7, 11) is 0. The highest BCUT2D eigenvalue weighted by atomic mass is 35.5.